The second-order valence-electron chi connectivity index (χ2n) is 1.94. The van der Waals surface area contributed by atoms with Crippen LogP contribution >= 0.6 is 36.9 Å². The summed E-state index contributed by atoms with van der Waals surface area (Å²) in [6.45, 7) is 0. The zero-order valence-electron chi connectivity index (χ0n) is 7.01. The zero-order valence-corrected chi connectivity index (χ0v) is 9.54. The SMILES string of the molecule is CSOOONc1nc(S)cc(=S)[nH]1. The molecule has 0 aliphatic rings. The van der Waals surface area contributed by atoms with E-state index in [0.717, 1.165) is 12.0 Å². The minimum Gasteiger partial charge on any atom is -0.315 e. The van der Waals surface area contributed by atoms with Crippen molar-refractivity contribution in [3.63, 3.8) is 0 Å². The molecule has 0 unspecified atom stereocenters. The first-order valence-electron chi connectivity index (χ1n) is 3.31. The fourth-order valence-corrected chi connectivity index (χ4v) is 1.20. The normalized spacial score (nSPS) is 10.1. The molecular weight excluding hydrogens is 246 g/mol. The first kappa shape index (κ1) is 11.8. The predicted molar refractivity (Wildman–Crippen MR) is 57.1 cm³/mol. The van der Waals surface area contributed by atoms with Crippen LogP contribution in [0.5, 0.6) is 0 Å². The quantitative estimate of drug-likeness (QED) is 0.141. The van der Waals surface area contributed by atoms with Crippen LogP contribution in [-0.4, -0.2) is 16.2 Å². The van der Waals surface area contributed by atoms with Gasteiger partial charge >= 0.3 is 0 Å². The van der Waals surface area contributed by atoms with Crippen molar-refractivity contribution in [3.8, 4) is 0 Å². The Morgan fingerprint density at radius 2 is 2.50 bits per heavy atom. The second kappa shape index (κ2) is 6.22. The second-order valence-corrected chi connectivity index (χ2v) is 3.31. The van der Waals surface area contributed by atoms with Crippen LogP contribution in [0.1, 0.15) is 0 Å². The van der Waals surface area contributed by atoms with E-state index in [1.165, 1.54) is 0 Å². The average molecular weight is 253 g/mol. The third-order valence-electron chi connectivity index (χ3n) is 0.996. The van der Waals surface area contributed by atoms with Crippen molar-refractivity contribution < 1.29 is 14.4 Å². The number of nitrogens with one attached hydrogen (secondary N) is 2. The Labute approximate surface area is 94.8 Å². The van der Waals surface area contributed by atoms with Gasteiger partial charge in [0.15, 0.2) is 0 Å². The van der Waals surface area contributed by atoms with Gasteiger partial charge in [-0.1, -0.05) is 17.2 Å². The Morgan fingerprint density at radius 3 is 3.14 bits per heavy atom. The van der Waals surface area contributed by atoms with Gasteiger partial charge in [-0.05, 0) is 5.04 Å². The molecule has 0 radical (unpaired) electrons. The van der Waals surface area contributed by atoms with Crippen LogP contribution in [0, 0.1) is 4.64 Å². The summed E-state index contributed by atoms with van der Waals surface area (Å²) in [5, 5.41) is 4.66. The molecule has 0 spiro atoms. The van der Waals surface area contributed by atoms with Crippen molar-refractivity contribution in [2.75, 3.05) is 11.7 Å². The lowest BCUT2D eigenvalue weighted by Gasteiger charge is -2.02. The summed E-state index contributed by atoms with van der Waals surface area (Å²) < 4.78 is 4.83. The van der Waals surface area contributed by atoms with E-state index < -0.39 is 0 Å². The minimum atomic E-state index is 0.271. The molecule has 0 atom stereocenters. The predicted octanol–water partition coefficient (Wildman–Crippen LogP) is 1.91. The lowest BCUT2D eigenvalue weighted by Crippen LogP contribution is -2.05. The number of rotatable bonds is 5. The molecule has 0 saturated heterocycles. The molecule has 1 rings (SSSR count). The average Bonchev–Trinajstić information content (AvgIpc) is 2.11. The number of thiol groups is 1. The zero-order chi connectivity index (χ0) is 10.4. The molecule has 0 aromatic carbocycles. The van der Waals surface area contributed by atoms with Crippen molar-refractivity contribution >= 4 is 42.8 Å². The van der Waals surface area contributed by atoms with Crippen molar-refractivity contribution in [2.24, 2.45) is 0 Å². The molecule has 0 aliphatic heterocycles. The Bertz CT molecular complexity index is 344. The maximum absolute atomic E-state index is 4.87. The molecule has 9 heteroatoms. The molecule has 0 aliphatic carbocycles. The fourth-order valence-electron chi connectivity index (χ4n) is 0.591. The molecule has 0 saturated carbocycles. The van der Waals surface area contributed by atoms with Crippen molar-refractivity contribution in [1.29, 1.82) is 0 Å². The van der Waals surface area contributed by atoms with E-state index in [0.29, 0.717) is 9.67 Å². The van der Waals surface area contributed by atoms with Crippen molar-refractivity contribution in [3.05, 3.63) is 10.7 Å². The molecular formula is C5H7N3O3S3. The number of H-pyrrole nitrogens is 1. The summed E-state index contributed by atoms with van der Waals surface area (Å²) in [4.78, 5) is 11.0. The van der Waals surface area contributed by atoms with E-state index in [1.54, 1.807) is 12.3 Å². The van der Waals surface area contributed by atoms with Crippen LogP contribution in [-0.2, 0) is 14.4 Å². The number of hydrogen-bond acceptors (Lipinski definition) is 8. The summed E-state index contributed by atoms with van der Waals surface area (Å²) in [5.41, 5.74) is 2.32. The fraction of sp³-hybridized carbons (Fsp3) is 0.200. The van der Waals surface area contributed by atoms with Crippen LogP contribution in [0.2, 0.25) is 0 Å². The maximum atomic E-state index is 4.87. The van der Waals surface area contributed by atoms with Gasteiger partial charge in [0.25, 0.3) is 0 Å². The van der Waals surface area contributed by atoms with Crippen LogP contribution in [0.25, 0.3) is 0 Å². The molecule has 2 N–H and O–H groups in total. The van der Waals surface area contributed by atoms with Gasteiger partial charge in [-0.2, -0.15) is 5.48 Å². The van der Waals surface area contributed by atoms with E-state index >= 15 is 0 Å². The first-order chi connectivity index (χ1) is 6.72. The first-order valence-corrected chi connectivity index (χ1v) is 5.32. The third kappa shape index (κ3) is 4.26. The van der Waals surface area contributed by atoms with Gasteiger partial charge in [0.2, 0.25) is 5.95 Å². The van der Waals surface area contributed by atoms with Gasteiger partial charge in [0, 0.05) is 24.4 Å². The highest BCUT2D eigenvalue weighted by Crippen LogP contribution is 2.06. The van der Waals surface area contributed by atoms with Gasteiger partial charge in [-0.3, -0.25) is 0 Å². The molecule has 0 fully saturated rings. The van der Waals surface area contributed by atoms with Gasteiger partial charge in [0.05, 0.1) is 5.03 Å². The Hall–Kier alpha value is -0.320. The molecule has 1 aromatic heterocycles. The summed E-state index contributed by atoms with van der Waals surface area (Å²) in [7, 11) is 0. The molecule has 6 nitrogen and oxygen atoms in total. The Kier molecular flexibility index (Phi) is 5.22. The number of aromatic nitrogens is 2. The lowest BCUT2D eigenvalue weighted by molar-refractivity contribution is -0.447. The smallest absolute Gasteiger partial charge is 0.229 e. The minimum absolute atomic E-state index is 0.271. The highest BCUT2D eigenvalue weighted by Gasteiger charge is 1.96. The topological polar surface area (TPSA) is 68.4 Å². The van der Waals surface area contributed by atoms with Gasteiger partial charge in [0.1, 0.15) is 4.64 Å². The molecule has 1 aromatic rings. The van der Waals surface area contributed by atoms with Gasteiger partial charge in [-0.25, -0.2) is 4.98 Å². The highest BCUT2D eigenvalue weighted by molar-refractivity contribution is 7.93. The van der Waals surface area contributed by atoms with Crippen molar-refractivity contribution in [2.45, 2.75) is 5.03 Å². The third-order valence-corrected chi connectivity index (χ3v) is 1.64. The van der Waals surface area contributed by atoms with E-state index in [1.807, 2.05) is 0 Å². The number of aromatic amines is 1. The maximum Gasteiger partial charge on any atom is 0.229 e. The summed E-state index contributed by atoms with van der Waals surface area (Å²) in [6, 6.07) is 1.59. The van der Waals surface area contributed by atoms with E-state index in [2.05, 4.69) is 42.4 Å². The molecule has 1 heterocycles. The van der Waals surface area contributed by atoms with E-state index in [4.69, 9.17) is 12.2 Å². The number of nitrogens with zero attached hydrogens (tertiary/aromatic N) is 1. The molecule has 0 amide bonds. The summed E-state index contributed by atoms with van der Waals surface area (Å²) in [6.07, 6.45) is 1.67. The van der Waals surface area contributed by atoms with Crippen LogP contribution in [0.4, 0.5) is 5.95 Å². The summed E-state index contributed by atoms with van der Waals surface area (Å²) >= 11 is 9.88. The monoisotopic (exact) mass is 253 g/mol. The standard InChI is InChI=1S/C5H7N3O3S3/c1-14-11-10-9-8-5-6-3(12)2-4(13)7-5/h2H,1H3,(H3,6,7,8,12,13). The molecule has 78 valence electrons. The Morgan fingerprint density at radius 1 is 1.71 bits per heavy atom. The van der Waals surface area contributed by atoms with E-state index in [-0.39, 0.29) is 5.95 Å². The number of anilines is 1. The number of hydrogen-bond donors (Lipinski definition) is 3. The largest absolute Gasteiger partial charge is 0.315 e. The lowest BCUT2D eigenvalue weighted by atomic mass is 10.7. The summed E-state index contributed by atoms with van der Waals surface area (Å²) in [5.74, 6) is 0.271. The molecule has 14 heavy (non-hydrogen) atoms. The highest BCUT2D eigenvalue weighted by atomic mass is 32.2. The van der Waals surface area contributed by atoms with E-state index in [9.17, 15) is 0 Å². The van der Waals surface area contributed by atoms with Crippen molar-refractivity contribution in [1.82, 2.24) is 9.97 Å². The molecule has 0 bridgehead atoms. The van der Waals surface area contributed by atoms with Crippen LogP contribution in [0.3, 0.4) is 0 Å². The van der Waals surface area contributed by atoms with Crippen LogP contribution < -0.4 is 5.48 Å². The van der Waals surface area contributed by atoms with Gasteiger partial charge < -0.3 is 4.98 Å². The Balaban J connectivity index is 2.46. The van der Waals surface area contributed by atoms with Crippen LogP contribution in [0.15, 0.2) is 11.1 Å². The van der Waals surface area contributed by atoms with Gasteiger partial charge in [-0.15, -0.1) is 17.0 Å².